The largest absolute Gasteiger partial charge is 0.453 e. The molecule has 2 aromatic carbocycles. The fourth-order valence-corrected chi connectivity index (χ4v) is 4.90. The smallest absolute Gasteiger partial charge is 0.323 e. The highest BCUT2D eigenvalue weighted by atomic mass is 32.1. The number of methoxy groups -OCH3 is 1. The lowest BCUT2D eigenvalue weighted by atomic mass is 10.2. The number of amides is 2. The molecular formula is C29H24F3N5O3S. The van der Waals surface area contributed by atoms with E-state index >= 15 is 0 Å². The van der Waals surface area contributed by atoms with Gasteiger partial charge in [-0.2, -0.15) is 0 Å². The van der Waals surface area contributed by atoms with Crippen molar-refractivity contribution in [3.05, 3.63) is 96.1 Å². The molecule has 0 atom stereocenters. The summed E-state index contributed by atoms with van der Waals surface area (Å²) in [5, 5.41) is 7.93. The molecule has 5 rings (SSSR count). The predicted molar refractivity (Wildman–Crippen MR) is 152 cm³/mol. The number of carbonyl (C=O) groups is 1. The van der Waals surface area contributed by atoms with Crippen LogP contribution in [0, 0.1) is 17.5 Å². The molecule has 3 aromatic heterocycles. The molecule has 3 heterocycles. The highest BCUT2D eigenvalue weighted by Gasteiger charge is 2.15. The number of aromatic nitrogens is 2. The van der Waals surface area contributed by atoms with Gasteiger partial charge in [-0.3, -0.25) is 9.97 Å². The number of urea groups is 1. The maximum atomic E-state index is 14.9. The van der Waals surface area contributed by atoms with Crippen LogP contribution < -0.4 is 20.7 Å². The molecule has 0 bridgehead atoms. The summed E-state index contributed by atoms with van der Waals surface area (Å²) in [6.07, 6.45) is 3.38. The topological polar surface area (TPSA) is 97.4 Å². The quantitative estimate of drug-likeness (QED) is 0.155. The molecule has 0 radical (unpaired) electrons. The molecular weight excluding hydrogens is 555 g/mol. The van der Waals surface area contributed by atoms with Gasteiger partial charge in [-0.1, -0.05) is 6.07 Å². The molecule has 8 nitrogen and oxygen atoms in total. The first-order chi connectivity index (χ1) is 19.9. The molecule has 3 N–H and O–H groups in total. The number of rotatable bonds is 10. The average molecular weight is 580 g/mol. The molecule has 0 fully saturated rings. The SMILES string of the molecule is COCCNCc1ccc(-c2cc3nccc(Oc4ccc(NC(=O)Nc5ccc(F)cc5F)cc4F)c3s2)nc1. The van der Waals surface area contributed by atoms with E-state index in [2.05, 4.69) is 25.9 Å². The zero-order valence-corrected chi connectivity index (χ0v) is 22.5. The number of ether oxygens (including phenoxy) is 2. The van der Waals surface area contributed by atoms with Gasteiger partial charge < -0.3 is 25.4 Å². The number of nitrogens with one attached hydrogen (secondary N) is 3. The molecule has 0 saturated carbocycles. The monoisotopic (exact) mass is 579 g/mol. The van der Waals surface area contributed by atoms with Crippen molar-refractivity contribution in [3.8, 4) is 22.1 Å². The number of nitrogens with zero attached hydrogens (tertiary/aromatic N) is 2. The van der Waals surface area contributed by atoms with Crippen molar-refractivity contribution in [2.75, 3.05) is 30.9 Å². The van der Waals surface area contributed by atoms with Gasteiger partial charge in [0.1, 0.15) is 17.4 Å². The number of hydrogen-bond donors (Lipinski definition) is 3. The number of benzene rings is 2. The highest BCUT2D eigenvalue weighted by Crippen LogP contribution is 2.39. The van der Waals surface area contributed by atoms with Gasteiger partial charge in [0.25, 0.3) is 0 Å². The van der Waals surface area contributed by atoms with Crippen LogP contribution in [0.3, 0.4) is 0 Å². The summed E-state index contributed by atoms with van der Waals surface area (Å²) >= 11 is 1.42. The molecule has 210 valence electrons. The summed E-state index contributed by atoms with van der Waals surface area (Å²) < 4.78 is 53.4. The fraction of sp³-hybridized carbons (Fsp3) is 0.138. The second kappa shape index (κ2) is 12.8. The second-order valence-corrected chi connectivity index (χ2v) is 9.86. The Labute approximate surface area is 237 Å². The van der Waals surface area contributed by atoms with Gasteiger partial charge in [-0.05, 0) is 42.0 Å². The number of anilines is 2. The zero-order valence-electron chi connectivity index (χ0n) is 21.7. The average Bonchev–Trinajstić information content (AvgIpc) is 3.40. The van der Waals surface area contributed by atoms with Gasteiger partial charge in [-0.25, -0.2) is 18.0 Å². The number of halogens is 3. The molecule has 0 spiro atoms. The van der Waals surface area contributed by atoms with E-state index in [1.165, 1.54) is 23.5 Å². The van der Waals surface area contributed by atoms with Gasteiger partial charge in [0.15, 0.2) is 11.6 Å². The number of hydrogen-bond acceptors (Lipinski definition) is 7. The van der Waals surface area contributed by atoms with E-state index in [9.17, 15) is 18.0 Å². The van der Waals surface area contributed by atoms with Crippen LogP contribution in [0.2, 0.25) is 0 Å². The van der Waals surface area contributed by atoms with Crippen LogP contribution in [0.1, 0.15) is 5.56 Å². The van der Waals surface area contributed by atoms with Crippen molar-refractivity contribution < 1.29 is 27.4 Å². The minimum Gasteiger partial charge on any atom is -0.453 e. The van der Waals surface area contributed by atoms with Crippen LogP contribution in [-0.2, 0) is 11.3 Å². The van der Waals surface area contributed by atoms with E-state index in [0.717, 1.165) is 45.6 Å². The Kier molecular flexibility index (Phi) is 8.73. The highest BCUT2D eigenvalue weighted by molar-refractivity contribution is 7.22. The molecule has 2 amide bonds. The zero-order chi connectivity index (χ0) is 28.8. The third-order valence-corrected chi connectivity index (χ3v) is 7.02. The summed E-state index contributed by atoms with van der Waals surface area (Å²) in [4.78, 5) is 22.1. The molecule has 0 unspecified atom stereocenters. The number of thiophene rings is 1. The third kappa shape index (κ3) is 6.98. The molecule has 0 saturated heterocycles. The van der Waals surface area contributed by atoms with Crippen molar-refractivity contribution in [3.63, 3.8) is 0 Å². The maximum Gasteiger partial charge on any atom is 0.323 e. The lowest BCUT2D eigenvalue weighted by molar-refractivity contribution is 0.199. The van der Waals surface area contributed by atoms with E-state index < -0.39 is 23.5 Å². The van der Waals surface area contributed by atoms with Crippen LogP contribution in [-0.4, -0.2) is 36.3 Å². The molecule has 5 aromatic rings. The van der Waals surface area contributed by atoms with E-state index in [4.69, 9.17) is 9.47 Å². The number of carbonyl (C=O) groups excluding carboxylic acids is 1. The standard InChI is InChI=1S/C29H24F3N5O3S/c1-39-11-10-33-15-17-2-5-23(35-16-17)27-14-24-28(41-27)26(8-9-34-24)40-25-7-4-19(13-21(25)32)36-29(38)37-22-6-3-18(30)12-20(22)31/h2-9,12-14,16,33H,10-11,15H2,1H3,(H2,36,37,38). The van der Waals surface area contributed by atoms with Crippen molar-refractivity contribution in [2.24, 2.45) is 0 Å². The third-order valence-electron chi connectivity index (χ3n) is 5.85. The lowest BCUT2D eigenvalue weighted by Gasteiger charge is -2.11. The van der Waals surface area contributed by atoms with Gasteiger partial charge >= 0.3 is 6.03 Å². The van der Waals surface area contributed by atoms with Crippen molar-refractivity contribution >= 4 is 39.0 Å². The Hall–Kier alpha value is -4.52. The van der Waals surface area contributed by atoms with Gasteiger partial charge in [0.2, 0.25) is 0 Å². The Morgan fingerprint density at radius 2 is 1.80 bits per heavy atom. The summed E-state index contributed by atoms with van der Waals surface area (Å²) in [6.45, 7) is 2.06. The Bertz CT molecular complexity index is 1680. The van der Waals surface area contributed by atoms with Crippen molar-refractivity contribution in [1.82, 2.24) is 15.3 Å². The maximum absolute atomic E-state index is 14.9. The summed E-state index contributed by atoms with van der Waals surface area (Å²) in [7, 11) is 1.66. The summed E-state index contributed by atoms with van der Waals surface area (Å²) in [6, 6.07) is 13.3. The molecule has 12 heteroatoms. The van der Waals surface area contributed by atoms with Crippen molar-refractivity contribution in [2.45, 2.75) is 6.54 Å². The minimum absolute atomic E-state index is 0.0635. The first-order valence-electron chi connectivity index (χ1n) is 12.4. The first-order valence-corrected chi connectivity index (χ1v) is 13.3. The second-order valence-electron chi connectivity index (χ2n) is 8.81. The van der Waals surface area contributed by atoms with E-state index in [-0.39, 0.29) is 17.1 Å². The van der Waals surface area contributed by atoms with Crippen LogP contribution in [0.4, 0.5) is 29.3 Å². The van der Waals surface area contributed by atoms with E-state index in [1.54, 1.807) is 19.4 Å². The number of fused-ring (bicyclic) bond motifs is 1. The number of pyridine rings is 2. The van der Waals surface area contributed by atoms with Gasteiger partial charge in [0, 0.05) is 56.5 Å². The summed E-state index contributed by atoms with van der Waals surface area (Å²) in [5.41, 5.74) is 2.39. The Balaban J connectivity index is 1.27. The molecule has 0 aliphatic heterocycles. The summed E-state index contributed by atoms with van der Waals surface area (Å²) in [5.74, 6) is -2.09. The van der Waals surface area contributed by atoms with Crippen molar-refractivity contribution in [1.29, 1.82) is 0 Å². The first kappa shape index (κ1) is 28.0. The Morgan fingerprint density at radius 3 is 2.56 bits per heavy atom. The van der Waals surface area contributed by atoms with E-state index in [0.29, 0.717) is 30.5 Å². The van der Waals surface area contributed by atoms with Gasteiger partial charge in [0.05, 0.1) is 33.1 Å². The van der Waals surface area contributed by atoms with Crippen LogP contribution >= 0.6 is 11.3 Å². The van der Waals surface area contributed by atoms with Gasteiger partial charge in [-0.15, -0.1) is 11.3 Å². The normalized spacial score (nSPS) is 11.0. The predicted octanol–water partition coefficient (Wildman–Crippen LogP) is 6.95. The molecule has 0 aliphatic carbocycles. The van der Waals surface area contributed by atoms with Crippen LogP contribution in [0.15, 0.2) is 73.1 Å². The van der Waals surface area contributed by atoms with E-state index in [1.807, 2.05) is 24.4 Å². The fourth-order valence-electron chi connectivity index (χ4n) is 3.86. The van der Waals surface area contributed by atoms with Crippen LogP contribution in [0.5, 0.6) is 11.5 Å². The lowest BCUT2D eigenvalue weighted by Crippen LogP contribution is -2.20. The minimum atomic E-state index is -0.936. The molecule has 41 heavy (non-hydrogen) atoms. The Morgan fingerprint density at radius 1 is 0.927 bits per heavy atom. The molecule has 0 aliphatic rings. The van der Waals surface area contributed by atoms with Crippen LogP contribution in [0.25, 0.3) is 20.8 Å².